The van der Waals surface area contributed by atoms with E-state index in [-0.39, 0.29) is 23.5 Å². The molecule has 4 rings (SSSR count). The molecule has 0 bridgehead atoms. The Hall–Kier alpha value is -3.13. The lowest BCUT2D eigenvalue weighted by atomic mass is 9.87. The van der Waals surface area contributed by atoms with Crippen LogP contribution in [0.5, 0.6) is 0 Å². The lowest BCUT2D eigenvalue weighted by Gasteiger charge is -2.34. The Kier molecular flexibility index (Phi) is 5.13. The average Bonchev–Trinajstić information content (AvgIpc) is 3.11. The van der Waals surface area contributed by atoms with Gasteiger partial charge in [0.05, 0.1) is 19.3 Å². The SMILES string of the molecule is Cn1ncc2c1S(=O)(=O)N(Cc1ccccc1)C(=O)N2Cc1ccc(C(C)(C)C)cc1. The Bertz CT molecular complexity index is 1210. The fourth-order valence-corrected chi connectivity index (χ4v) is 5.33. The van der Waals surface area contributed by atoms with Crippen molar-refractivity contribution in [3.05, 3.63) is 77.5 Å². The number of carbonyl (C=O) groups is 1. The smallest absolute Gasteiger partial charge is 0.285 e. The maximum Gasteiger partial charge on any atom is 0.339 e. The van der Waals surface area contributed by atoms with E-state index in [4.69, 9.17) is 0 Å². The van der Waals surface area contributed by atoms with E-state index in [1.807, 2.05) is 42.5 Å². The van der Waals surface area contributed by atoms with Crippen LogP contribution in [0.4, 0.5) is 10.5 Å². The fraction of sp³-hybridized carbons (Fsp3) is 0.304. The van der Waals surface area contributed by atoms with Crippen LogP contribution in [0.15, 0.2) is 65.8 Å². The summed E-state index contributed by atoms with van der Waals surface area (Å²) in [6, 6.07) is 16.6. The number of fused-ring (bicyclic) bond motifs is 1. The van der Waals surface area contributed by atoms with Crippen LogP contribution in [-0.2, 0) is 35.6 Å². The highest BCUT2D eigenvalue weighted by atomic mass is 32.2. The molecule has 0 N–H and O–H groups in total. The number of nitrogens with zero attached hydrogens (tertiary/aromatic N) is 4. The lowest BCUT2D eigenvalue weighted by Crippen LogP contribution is -2.50. The van der Waals surface area contributed by atoms with E-state index in [0.717, 1.165) is 15.4 Å². The second-order valence-electron chi connectivity index (χ2n) is 8.77. The molecule has 0 saturated carbocycles. The largest absolute Gasteiger partial charge is 0.339 e. The summed E-state index contributed by atoms with van der Waals surface area (Å²) in [6.07, 6.45) is 1.44. The van der Waals surface area contributed by atoms with Gasteiger partial charge in [-0.2, -0.15) is 13.5 Å². The molecule has 2 aromatic carbocycles. The Labute approximate surface area is 183 Å². The summed E-state index contributed by atoms with van der Waals surface area (Å²) in [7, 11) is -2.45. The van der Waals surface area contributed by atoms with E-state index in [1.165, 1.54) is 21.3 Å². The van der Waals surface area contributed by atoms with Crippen LogP contribution in [0.25, 0.3) is 0 Å². The van der Waals surface area contributed by atoms with Crippen molar-refractivity contribution in [2.75, 3.05) is 4.90 Å². The number of anilines is 1. The van der Waals surface area contributed by atoms with Crippen LogP contribution in [-0.4, -0.2) is 28.5 Å². The Balaban J connectivity index is 1.72. The molecule has 7 nitrogen and oxygen atoms in total. The van der Waals surface area contributed by atoms with E-state index in [1.54, 1.807) is 19.2 Å². The van der Waals surface area contributed by atoms with Crippen molar-refractivity contribution in [1.29, 1.82) is 0 Å². The molecule has 1 aliphatic rings. The Morgan fingerprint density at radius 2 is 1.52 bits per heavy atom. The van der Waals surface area contributed by atoms with Crippen LogP contribution in [0, 0.1) is 0 Å². The highest BCUT2D eigenvalue weighted by molar-refractivity contribution is 7.89. The molecule has 0 aliphatic carbocycles. The van der Waals surface area contributed by atoms with Gasteiger partial charge in [-0.3, -0.25) is 9.58 Å². The topological polar surface area (TPSA) is 75.5 Å². The summed E-state index contributed by atoms with van der Waals surface area (Å²) in [5.41, 5.74) is 3.17. The number of benzene rings is 2. The maximum absolute atomic E-state index is 13.4. The molecular weight excluding hydrogens is 412 g/mol. The van der Waals surface area contributed by atoms with Gasteiger partial charge in [-0.05, 0) is 22.1 Å². The number of carbonyl (C=O) groups excluding carboxylic acids is 1. The van der Waals surface area contributed by atoms with Crippen molar-refractivity contribution in [2.45, 2.75) is 44.3 Å². The summed E-state index contributed by atoms with van der Waals surface area (Å²) < 4.78 is 28.8. The van der Waals surface area contributed by atoms with Gasteiger partial charge >= 0.3 is 6.03 Å². The van der Waals surface area contributed by atoms with Gasteiger partial charge in [-0.15, -0.1) is 0 Å². The van der Waals surface area contributed by atoms with Crippen LogP contribution < -0.4 is 4.90 Å². The van der Waals surface area contributed by atoms with Crippen molar-refractivity contribution in [2.24, 2.45) is 7.05 Å². The predicted octanol–water partition coefficient (Wildman–Crippen LogP) is 4.05. The first kappa shape index (κ1) is 21.1. The summed E-state index contributed by atoms with van der Waals surface area (Å²) >= 11 is 0. The molecule has 0 radical (unpaired) electrons. The van der Waals surface area contributed by atoms with Gasteiger partial charge in [-0.1, -0.05) is 75.4 Å². The number of amides is 2. The summed E-state index contributed by atoms with van der Waals surface area (Å²) in [6.45, 7) is 6.65. The fourth-order valence-electron chi connectivity index (χ4n) is 3.69. The van der Waals surface area contributed by atoms with Gasteiger partial charge in [0.25, 0.3) is 10.0 Å². The van der Waals surface area contributed by atoms with E-state index in [2.05, 4.69) is 25.9 Å². The number of aryl methyl sites for hydroxylation is 1. The quantitative estimate of drug-likeness (QED) is 0.616. The third-order valence-electron chi connectivity index (χ3n) is 5.47. The van der Waals surface area contributed by atoms with Gasteiger partial charge < -0.3 is 0 Å². The monoisotopic (exact) mass is 438 g/mol. The van der Waals surface area contributed by atoms with Gasteiger partial charge in [0, 0.05) is 7.05 Å². The molecule has 0 spiro atoms. The molecule has 2 heterocycles. The zero-order chi connectivity index (χ0) is 22.4. The second-order valence-corrected chi connectivity index (χ2v) is 10.5. The Morgan fingerprint density at radius 3 is 2.13 bits per heavy atom. The number of rotatable bonds is 4. The molecule has 8 heteroatoms. The molecule has 1 aromatic heterocycles. The van der Waals surface area contributed by atoms with Gasteiger partial charge in [-0.25, -0.2) is 9.10 Å². The summed E-state index contributed by atoms with van der Waals surface area (Å²) in [5.74, 6) is 0. The van der Waals surface area contributed by atoms with E-state index < -0.39 is 16.1 Å². The molecule has 3 aromatic rings. The molecule has 2 amide bonds. The van der Waals surface area contributed by atoms with Gasteiger partial charge in [0.2, 0.25) is 0 Å². The number of urea groups is 1. The standard InChI is InChI=1S/C23H26N4O3S/c1-23(2,3)19-12-10-18(11-13-19)15-26-20-14-24-25(4)21(20)31(29,30)27(22(26)28)16-17-8-6-5-7-9-17/h5-14H,15-16H2,1-4H3. The van der Waals surface area contributed by atoms with Crippen LogP contribution in [0.3, 0.4) is 0 Å². The van der Waals surface area contributed by atoms with Crippen molar-refractivity contribution < 1.29 is 13.2 Å². The van der Waals surface area contributed by atoms with Crippen molar-refractivity contribution in [3.63, 3.8) is 0 Å². The molecule has 0 atom stereocenters. The van der Waals surface area contributed by atoms with Gasteiger partial charge in [0.15, 0.2) is 5.03 Å². The van der Waals surface area contributed by atoms with Crippen LogP contribution in [0.1, 0.15) is 37.5 Å². The predicted molar refractivity (Wildman–Crippen MR) is 119 cm³/mol. The third kappa shape index (κ3) is 3.83. The van der Waals surface area contributed by atoms with E-state index in [9.17, 15) is 13.2 Å². The average molecular weight is 439 g/mol. The van der Waals surface area contributed by atoms with Crippen molar-refractivity contribution >= 4 is 21.7 Å². The minimum Gasteiger partial charge on any atom is -0.285 e. The van der Waals surface area contributed by atoms with Crippen LogP contribution >= 0.6 is 0 Å². The highest BCUT2D eigenvalue weighted by Crippen LogP contribution is 2.36. The zero-order valence-electron chi connectivity index (χ0n) is 18.1. The minimum absolute atomic E-state index is 0.0225. The minimum atomic E-state index is -4.03. The molecular formula is C23H26N4O3S. The molecule has 0 saturated heterocycles. The number of sulfonamides is 1. The first-order valence-corrected chi connectivity index (χ1v) is 11.5. The van der Waals surface area contributed by atoms with Crippen LogP contribution in [0.2, 0.25) is 0 Å². The summed E-state index contributed by atoms with van der Waals surface area (Å²) in [5, 5.41) is 4.15. The zero-order valence-corrected chi connectivity index (χ0v) is 18.9. The molecule has 162 valence electrons. The number of aromatic nitrogens is 2. The second kappa shape index (κ2) is 7.53. The number of hydrogen-bond donors (Lipinski definition) is 0. The Morgan fingerprint density at radius 1 is 0.903 bits per heavy atom. The number of hydrogen-bond acceptors (Lipinski definition) is 4. The normalized spacial score (nSPS) is 15.8. The lowest BCUT2D eigenvalue weighted by molar-refractivity contribution is 0.225. The first-order chi connectivity index (χ1) is 14.6. The summed E-state index contributed by atoms with van der Waals surface area (Å²) in [4.78, 5) is 14.9. The third-order valence-corrected chi connectivity index (χ3v) is 7.29. The molecule has 31 heavy (non-hydrogen) atoms. The first-order valence-electron chi connectivity index (χ1n) is 10.1. The molecule has 0 unspecified atom stereocenters. The van der Waals surface area contributed by atoms with Crippen molar-refractivity contribution in [3.8, 4) is 0 Å². The van der Waals surface area contributed by atoms with E-state index >= 15 is 0 Å². The van der Waals surface area contributed by atoms with Crippen molar-refractivity contribution in [1.82, 2.24) is 14.1 Å². The molecule has 1 aliphatic heterocycles. The van der Waals surface area contributed by atoms with E-state index in [0.29, 0.717) is 5.69 Å². The highest BCUT2D eigenvalue weighted by Gasteiger charge is 2.44. The van der Waals surface area contributed by atoms with Gasteiger partial charge in [0.1, 0.15) is 5.69 Å². The maximum atomic E-state index is 13.4. The molecule has 0 fully saturated rings.